The number of aromatic nitrogens is 2. The lowest BCUT2D eigenvalue weighted by atomic mass is 10.2. The normalized spacial score (nSPS) is 23.1. The Hall–Kier alpha value is -1.70. The molecule has 1 saturated heterocycles. The Morgan fingerprint density at radius 3 is 2.52 bits per heavy atom. The van der Waals surface area contributed by atoms with Crippen molar-refractivity contribution in [2.75, 3.05) is 13.1 Å². The van der Waals surface area contributed by atoms with Crippen LogP contribution in [-0.4, -0.2) is 41.5 Å². The lowest BCUT2D eigenvalue weighted by molar-refractivity contribution is -0.0575. The maximum absolute atomic E-state index is 12.9. The Kier molecular flexibility index (Phi) is 4.27. The molecular weight excluding hydrogens is 314 g/mol. The van der Waals surface area contributed by atoms with Gasteiger partial charge in [0.05, 0.1) is 23.0 Å². The summed E-state index contributed by atoms with van der Waals surface area (Å²) in [6.45, 7) is 4.44. The molecule has 6 nitrogen and oxygen atoms in total. The third kappa shape index (κ3) is 3.31. The van der Waals surface area contributed by atoms with Gasteiger partial charge in [0, 0.05) is 26.3 Å². The molecule has 0 radical (unpaired) electrons. The molecule has 0 amide bonds. The SMILES string of the molecule is Cc1ccc(S(=O)(=O)N2C[C@@H](C)O[C@@H](c3cn(C)cn3)C2)cc1. The molecule has 3 rings (SSSR count). The summed E-state index contributed by atoms with van der Waals surface area (Å²) >= 11 is 0. The van der Waals surface area contributed by atoms with Crippen LogP contribution in [0.15, 0.2) is 41.7 Å². The molecule has 1 aliphatic heterocycles. The molecule has 1 aromatic carbocycles. The fourth-order valence-electron chi connectivity index (χ4n) is 2.73. The van der Waals surface area contributed by atoms with E-state index >= 15 is 0 Å². The number of hydrogen-bond donors (Lipinski definition) is 0. The summed E-state index contributed by atoms with van der Waals surface area (Å²) in [6, 6.07) is 6.93. The van der Waals surface area contributed by atoms with Crippen LogP contribution in [0.3, 0.4) is 0 Å². The van der Waals surface area contributed by atoms with Gasteiger partial charge in [0.2, 0.25) is 10.0 Å². The highest BCUT2D eigenvalue weighted by molar-refractivity contribution is 7.89. The number of ether oxygens (including phenoxy) is 1. The average Bonchev–Trinajstić information content (AvgIpc) is 2.94. The standard InChI is InChI=1S/C16H21N3O3S/c1-12-4-6-14(7-5-12)23(20,21)19-8-13(2)22-16(10-19)15-9-18(3)11-17-15/h4-7,9,11,13,16H,8,10H2,1-3H3/t13-,16-/m1/s1. The van der Waals surface area contributed by atoms with Gasteiger partial charge in [-0.2, -0.15) is 4.31 Å². The second-order valence-corrected chi connectivity index (χ2v) is 7.97. The summed E-state index contributed by atoms with van der Waals surface area (Å²) in [7, 11) is -1.65. The number of rotatable bonds is 3. The first-order valence-electron chi connectivity index (χ1n) is 7.56. The molecular formula is C16H21N3O3S. The van der Waals surface area contributed by atoms with Crippen molar-refractivity contribution in [1.29, 1.82) is 0 Å². The van der Waals surface area contributed by atoms with Gasteiger partial charge in [0.1, 0.15) is 6.10 Å². The van der Waals surface area contributed by atoms with E-state index in [0.717, 1.165) is 11.3 Å². The van der Waals surface area contributed by atoms with Crippen molar-refractivity contribution in [2.45, 2.75) is 31.0 Å². The molecule has 1 fully saturated rings. The molecule has 2 atom stereocenters. The number of hydrogen-bond acceptors (Lipinski definition) is 4. The van der Waals surface area contributed by atoms with Gasteiger partial charge in [-0.15, -0.1) is 0 Å². The van der Waals surface area contributed by atoms with E-state index in [4.69, 9.17) is 4.74 Å². The number of aryl methyl sites for hydroxylation is 2. The molecule has 0 aliphatic carbocycles. The second-order valence-electron chi connectivity index (χ2n) is 6.03. The van der Waals surface area contributed by atoms with Gasteiger partial charge >= 0.3 is 0 Å². The number of benzene rings is 1. The van der Waals surface area contributed by atoms with Gasteiger partial charge in [-0.05, 0) is 26.0 Å². The Bertz CT molecular complexity index is 783. The molecule has 7 heteroatoms. The van der Waals surface area contributed by atoms with Crippen molar-refractivity contribution in [3.05, 3.63) is 48.0 Å². The first-order chi connectivity index (χ1) is 10.9. The van der Waals surface area contributed by atoms with Crippen LogP contribution in [0.1, 0.15) is 24.3 Å². The van der Waals surface area contributed by atoms with Gasteiger partial charge in [0.15, 0.2) is 0 Å². The molecule has 2 heterocycles. The first-order valence-corrected chi connectivity index (χ1v) is 9.00. The molecule has 2 aromatic rings. The van der Waals surface area contributed by atoms with Crippen LogP contribution >= 0.6 is 0 Å². The molecule has 1 aliphatic rings. The first kappa shape index (κ1) is 16.2. The number of nitrogens with zero attached hydrogens (tertiary/aromatic N) is 3. The number of sulfonamides is 1. The summed E-state index contributed by atoms with van der Waals surface area (Å²) in [5, 5.41) is 0. The Balaban J connectivity index is 1.87. The molecule has 1 aromatic heterocycles. The van der Waals surface area contributed by atoms with Crippen LogP contribution < -0.4 is 0 Å². The molecule has 124 valence electrons. The highest BCUT2D eigenvalue weighted by Gasteiger charge is 2.35. The van der Waals surface area contributed by atoms with Crippen LogP contribution in [-0.2, 0) is 21.8 Å². The number of imidazole rings is 1. The molecule has 0 saturated carbocycles. The van der Waals surface area contributed by atoms with E-state index in [1.54, 1.807) is 18.5 Å². The zero-order valence-corrected chi connectivity index (χ0v) is 14.3. The van der Waals surface area contributed by atoms with Crippen LogP contribution in [0.25, 0.3) is 0 Å². The van der Waals surface area contributed by atoms with Crippen molar-refractivity contribution in [3.8, 4) is 0 Å². The highest BCUT2D eigenvalue weighted by Crippen LogP contribution is 2.28. The molecule has 0 unspecified atom stereocenters. The predicted molar refractivity (Wildman–Crippen MR) is 86.4 cm³/mol. The Morgan fingerprint density at radius 2 is 1.91 bits per heavy atom. The molecule has 0 N–H and O–H groups in total. The van der Waals surface area contributed by atoms with Gasteiger partial charge in [-0.25, -0.2) is 13.4 Å². The third-order valence-corrected chi connectivity index (χ3v) is 5.79. The van der Waals surface area contributed by atoms with Crippen molar-refractivity contribution in [2.24, 2.45) is 7.05 Å². The maximum Gasteiger partial charge on any atom is 0.243 e. The molecule has 23 heavy (non-hydrogen) atoms. The Morgan fingerprint density at radius 1 is 1.22 bits per heavy atom. The summed E-state index contributed by atoms with van der Waals surface area (Å²) < 4.78 is 34.9. The lowest BCUT2D eigenvalue weighted by Crippen LogP contribution is -2.45. The minimum Gasteiger partial charge on any atom is -0.366 e. The Labute approximate surface area is 136 Å². The van der Waals surface area contributed by atoms with Gasteiger partial charge < -0.3 is 9.30 Å². The van der Waals surface area contributed by atoms with Crippen molar-refractivity contribution in [3.63, 3.8) is 0 Å². The van der Waals surface area contributed by atoms with Crippen LogP contribution in [0.5, 0.6) is 0 Å². The molecule has 0 spiro atoms. The fraction of sp³-hybridized carbons (Fsp3) is 0.438. The van der Waals surface area contributed by atoms with E-state index in [1.165, 1.54) is 4.31 Å². The lowest BCUT2D eigenvalue weighted by Gasteiger charge is -2.35. The topological polar surface area (TPSA) is 64.4 Å². The van der Waals surface area contributed by atoms with Gasteiger partial charge in [-0.1, -0.05) is 17.7 Å². The minimum absolute atomic E-state index is 0.184. The minimum atomic E-state index is -3.53. The average molecular weight is 335 g/mol. The van der Waals surface area contributed by atoms with E-state index in [2.05, 4.69) is 4.98 Å². The predicted octanol–water partition coefficient (Wildman–Crippen LogP) is 1.88. The quantitative estimate of drug-likeness (QED) is 0.859. The van der Waals surface area contributed by atoms with E-state index in [1.807, 2.05) is 43.8 Å². The summed E-state index contributed by atoms with van der Waals surface area (Å²) in [5.74, 6) is 0. The van der Waals surface area contributed by atoms with Crippen molar-refractivity contribution in [1.82, 2.24) is 13.9 Å². The number of morpholine rings is 1. The van der Waals surface area contributed by atoms with Crippen molar-refractivity contribution < 1.29 is 13.2 Å². The zero-order chi connectivity index (χ0) is 16.6. The van der Waals surface area contributed by atoms with E-state index in [0.29, 0.717) is 11.4 Å². The van der Waals surface area contributed by atoms with Crippen LogP contribution in [0, 0.1) is 6.92 Å². The van der Waals surface area contributed by atoms with Crippen LogP contribution in [0.4, 0.5) is 0 Å². The smallest absolute Gasteiger partial charge is 0.243 e. The zero-order valence-electron chi connectivity index (χ0n) is 13.5. The third-order valence-electron chi connectivity index (χ3n) is 3.94. The molecule has 0 bridgehead atoms. The fourth-order valence-corrected chi connectivity index (χ4v) is 4.25. The summed E-state index contributed by atoms with van der Waals surface area (Å²) in [6.07, 6.45) is 3.02. The largest absolute Gasteiger partial charge is 0.366 e. The maximum atomic E-state index is 12.9. The van der Waals surface area contributed by atoms with Crippen molar-refractivity contribution >= 4 is 10.0 Å². The van der Waals surface area contributed by atoms with E-state index in [9.17, 15) is 8.42 Å². The summed E-state index contributed by atoms with van der Waals surface area (Å²) in [4.78, 5) is 4.61. The van der Waals surface area contributed by atoms with E-state index < -0.39 is 10.0 Å². The highest BCUT2D eigenvalue weighted by atomic mass is 32.2. The van der Waals surface area contributed by atoms with Gasteiger partial charge in [0.25, 0.3) is 0 Å². The second kappa shape index (κ2) is 6.07. The van der Waals surface area contributed by atoms with E-state index in [-0.39, 0.29) is 18.8 Å². The summed E-state index contributed by atoms with van der Waals surface area (Å²) in [5.41, 5.74) is 1.79. The van der Waals surface area contributed by atoms with Gasteiger partial charge in [-0.3, -0.25) is 0 Å². The van der Waals surface area contributed by atoms with Crippen LogP contribution in [0.2, 0.25) is 0 Å². The monoisotopic (exact) mass is 335 g/mol.